The van der Waals surface area contributed by atoms with Gasteiger partial charge in [-0.25, -0.2) is 0 Å². The molecule has 0 aromatic rings. The molecular weight excluding hydrogens is 544 g/mol. The molecule has 5 heteroatoms. The minimum atomic E-state index is -3.28. The fourth-order valence-corrected chi connectivity index (χ4v) is 4.63. The second kappa shape index (κ2) is 33.9. The number of esters is 2. The third-order valence-corrected chi connectivity index (χ3v) is 7.25. The molecule has 244 valence electrons. The highest BCUT2D eigenvalue weighted by molar-refractivity contribution is 6.18. The van der Waals surface area contributed by atoms with Crippen LogP contribution in [0.4, 0.5) is 0 Å². The van der Waals surface area contributed by atoms with Crippen LogP contribution in [0.5, 0.6) is 0 Å². The van der Waals surface area contributed by atoms with Crippen molar-refractivity contribution in [2.45, 2.75) is 174 Å². The Morgan fingerprint density at radius 2 is 1.10 bits per heavy atom. The highest BCUT2D eigenvalue weighted by Gasteiger charge is 2.16. The molecule has 0 bridgehead atoms. The first-order valence-corrected chi connectivity index (χ1v) is 17.4. The van der Waals surface area contributed by atoms with Crippen molar-refractivity contribution in [1.82, 2.24) is 0 Å². The summed E-state index contributed by atoms with van der Waals surface area (Å²) in [6.07, 6.45) is 32.5. The first-order valence-electron chi connectivity index (χ1n) is 19.5. The topological polar surface area (TPSA) is 52.6 Å². The van der Waals surface area contributed by atoms with Gasteiger partial charge >= 0.3 is 11.9 Å². The number of carbonyl (C=O) groups is 2. The van der Waals surface area contributed by atoms with E-state index < -0.39 is 30.4 Å². The van der Waals surface area contributed by atoms with Gasteiger partial charge in [0.05, 0.1) is 9.94 Å². The molecule has 0 spiro atoms. The SMILES string of the molecule is [2H]C([2H])(Cl)C([2H])(OC(=O)CCCCCCC/C=C/C/C=C/C/C=C/CC)C([2H])([2H])OC(=O)CCCCCCCCCCCCCCC. The summed E-state index contributed by atoms with van der Waals surface area (Å²) in [6, 6.07) is 0. The molecule has 0 N–H and O–H groups in total. The third kappa shape index (κ3) is 31.4. The molecule has 0 saturated carbocycles. The maximum absolute atomic E-state index is 12.5. The molecule has 1 atom stereocenters. The van der Waals surface area contributed by atoms with E-state index in [1.54, 1.807) is 0 Å². The van der Waals surface area contributed by atoms with E-state index in [1.165, 1.54) is 51.4 Å². The van der Waals surface area contributed by atoms with E-state index in [0.29, 0.717) is 12.8 Å². The monoisotopic (exact) mass is 613 g/mol. The van der Waals surface area contributed by atoms with Crippen LogP contribution in [-0.2, 0) is 19.1 Å². The Bertz CT molecular complexity index is 888. The first kappa shape index (κ1) is 31.9. The molecule has 0 aliphatic heterocycles. The van der Waals surface area contributed by atoms with Crippen molar-refractivity contribution >= 4 is 23.5 Å². The summed E-state index contributed by atoms with van der Waals surface area (Å²) in [5, 5.41) is 0. The first-order chi connectivity index (χ1) is 22.4. The minimum Gasteiger partial charge on any atom is -0.462 e. The van der Waals surface area contributed by atoms with Crippen LogP contribution in [0.3, 0.4) is 0 Å². The van der Waals surface area contributed by atoms with Gasteiger partial charge in [-0.2, -0.15) is 0 Å². The number of hydrogen-bond donors (Lipinski definition) is 0. The number of unbranched alkanes of at least 4 members (excludes halogenated alkanes) is 17. The zero-order valence-electron chi connectivity index (χ0n) is 31.9. The molecule has 0 amide bonds. The smallest absolute Gasteiger partial charge is 0.306 e. The van der Waals surface area contributed by atoms with Crippen LogP contribution >= 0.6 is 11.6 Å². The van der Waals surface area contributed by atoms with Gasteiger partial charge in [-0.1, -0.05) is 147 Å². The molecule has 0 aromatic carbocycles. The molecule has 0 aromatic heterocycles. The largest absolute Gasteiger partial charge is 0.462 e. The van der Waals surface area contributed by atoms with E-state index in [-0.39, 0.29) is 12.8 Å². The van der Waals surface area contributed by atoms with Crippen molar-refractivity contribution in [3.63, 3.8) is 0 Å². The summed E-state index contributed by atoms with van der Waals surface area (Å²) in [5.74, 6) is -5.02. The number of allylic oxidation sites excluding steroid dienone is 6. The van der Waals surface area contributed by atoms with Crippen LogP contribution in [0, 0.1) is 0 Å². The molecule has 0 rings (SSSR count). The minimum absolute atomic E-state index is 0.0731. The fraction of sp³-hybridized carbons (Fsp3) is 0.784. The van der Waals surface area contributed by atoms with E-state index in [1.807, 2.05) is 0 Å². The summed E-state index contributed by atoms with van der Waals surface area (Å²) < 4.78 is 50.1. The average molecular weight is 614 g/mol. The number of hydrogen-bond acceptors (Lipinski definition) is 4. The number of rotatable bonds is 31. The van der Waals surface area contributed by atoms with Crippen molar-refractivity contribution in [2.75, 3.05) is 12.4 Å². The molecule has 42 heavy (non-hydrogen) atoms. The van der Waals surface area contributed by atoms with Gasteiger partial charge in [-0.05, 0) is 44.9 Å². The Balaban J connectivity index is 4.29. The predicted molar refractivity (Wildman–Crippen MR) is 181 cm³/mol. The van der Waals surface area contributed by atoms with Crippen molar-refractivity contribution in [1.29, 1.82) is 0 Å². The van der Waals surface area contributed by atoms with Crippen LogP contribution in [0.2, 0.25) is 0 Å². The Kier molecular flexibility index (Phi) is 25.8. The Morgan fingerprint density at radius 3 is 1.62 bits per heavy atom. The molecule has 0 saturated heterocycles. The van der Waals surface area contributed by atoms with Crippen LogP contribution in [-0.4, -0.2) is 30.4 Å². The molecule has 1 unspecified atom stereocenters. The summed E-state index contributed by atoms with van der Waals surface area (Å²) >= 11 is 5.71. The van der Waals surface area contributed by atoms with Gasteiger partial charge in [0.1, 0.15) is 12.6 Å². The zero-order valence-corrected chi connectivity index (χ0v) is 27.7. The zero-order chi connectivity index (χ0) is 35.3. The van der Waals surface area contributed by atoms with Crippen molar-refractivity contribution in [2.24, 2.45) is 0 Å². The molecular formula is C37H65ClO4. The second-order valence-electron chi connectivity index (χ2n) is 11.1. The van der Waals surface area contributed by atoms with Gasteiger partial charge in [0.15, 0.2) is 0 Å². The molecule has 0 heterocycles. The van der Waals surface area contributed by atoms with E-state index in [2.05, 4.69) is 50.3 Å². The number of ether oxygens (including phenoxy) is 2. The molecule has 0 aliphatic carbocycles. The lowest BCUT2D eigenvalue weighted by Crippen LogP contribution is -2.26. The lowest BCUT2D eigenvalue weighted by molar-refractivity contribution is -0.157. The van der Waals surface area contributed by atoms with Crippen LogP contribution in [0.15, 0.2) is 36.5 Å². The van der Waals surface area contributed by atoms with Gasteiger partial charge < -0.3 is 9.47 Å². The Morgan fingerprint density at radius 1 is 0.643 bits per heavy atom. The van der Waals surface area contributed by atoms with E-state index in [9.17, 15) is 9.59 Å². The molecule has 0 radical (unpaired) electrons. The predicted octanol–water partition coefficient (Wildman–Crippen LogP) is 11.8. The summed E-state index contributed by atoms with van der Waals surface area (Å²) in [5.41, 5.74) is 0. The van der Waals surface area contributed by atoms with Crippen molar-refractivity contribution in [3.8, 4) is 0 Å². The Hall–Kier alpha value is -1.55. The number of alkyl halides is 1. The standard InChI is InChI=1S/C37H65ClO4/c1-3-5-7-9-11-13-15-17-18-20-22-24-26-28-30-32-37(40)42-35(33-38)34-41-36(39)31-29-27-25-23-21-19-16-14-12-10-8-6-4-2/h5,7,11,13,17-18,35H,3-4,6,8-10,12,14-16,19-34H2,1-2H3/b7-5+,13-11+,18-17+/i33D2,34D2,35D. The average Bonchev–Trinajstić information content (AvgIpc) is 3.00. The van der Waals surface area contributed by atoms with E-state index in [0.717, 1.165) is 77.0 Å². The van der Waals surface area contributed by atoms with Crippen LogP contribution < -0.4 is 0 Å². The van der Waals surface area contributed by atoms with Gasteiger partial charge in [0.2, 0.25) is 0 Å². The molecule has 4 nitrogen and oxygen atoms in total. The normalized spacial score (nSPS) is 15.7. The summed E-state index contributed by atoms with van der Waals surface area (Å²) in [6.45, 7) is 1.07. The van der Waals surface area contributed by atoms with E-state index >= 15 is 0 Å². The maximum atomic E-state index is 12.5. The lowest BCUT2D eigenvalue weighted by Gasteiger charge is -2.15. The number of carbonyl (C=O) groups excluding carboxylic acids is 2. The van der Waals surface area contributed by atoms with Gasteiger partial charge in [0, 0.05) is 15.6 Å². The van der Waals surface area contributed by atoms with E-state index in [4.69, 9.17) is 27.9 Å². The Labute approximate surface area is 272 Å². The van der Waals surface area contributed by atoms with Gasteiger partial charge in [-0.3, -0.25) is 9.59 Å². The van der Waals surface area contributed by atoms with Crippen molar-refractivity contribution < 1.29 is 25.9 Å². The highest BCUT2D eigenvalue weighted by Crippen LogP contribution is 2.14. The van der Waals surface area contributed by atoms with Gasteiger partial charge in [0.25, 0.3) is 0 Å². The fourth-order valence-electron chi connectivity index (χ4n) is 4.55. The molecule has 0 fully saturated rings. The summed E-state index contributed by atoms with van der Waals surface area (Å²) in [4.78, 5) is 24.9. The second-order valence-corrected chi connectivity index (χ2v) is 11.3. The van der Waals surface area contributed by atoms with Gasteiger partial charge in [-0.15, -0.1) is 11.6 Å². The number of halogens is 1. The lowest BCUT2D eigenvalue weighted by atomic mass is 10.0. The van der Waals surface area contributed by atoms with Crippen molar-refractivity contribution in [3.05, 3.63) is 36.5 Å². The van der Waals surface area contributed by atoms with Crippen LogP contribution in [0.25, 0.3) is 0 Å². The third-order valence-electron chi connectivity index (χ3n) is 7.08. The van der Waals surface area contributed by atoms with Crippen LogP contribution in [0.1, 0.15) is 175 Å². The highest BCUT2D eigenvalue weighted by atomic mass is 35.5. The quantitative estimate of drug-likeness (QED) is 0.0337. The molecule has 0 aliphatic rings. The maximum Gasteiger partial charge on any atom is 0.306 e. The summed E-state index contributed by atoms with van der Waals surface area (Å²) in [7, 11) is 0.